The summed E-state index contributed by atoms with van der Waals surface area (Å²) in [5.74, 6) is -0.176. The van der Waals surface area contributed by atoms with Crippen LogP contribution in [0.2, 0.25) is 0 Å². The summed E-state index contributed by atoms with van der Waals surface area (Å²) in [6, 6.07) is 13.5. The highest BCUT2D eigenvalue weighted by Crippen LogP contribution is 2.28. The fraction of sp³-hybridized carbons (Fsp3) is 0.350. The number of hydrogen-bond donors (Lipinski definition) is 1. The molecule has 0 radical (unpaired) electrons. The largest absolute Gasteiger partial charge is 0.352 e. The number of carbonyl (C=O) groups is 1. The molecule has 26 heavy (non-hydrogen) atoms. The molecule has 1 N–H and O–H groups in total. The number of anilines is 1. The number of aryl methyl sites for hydroxylation is 3. The lowest BCUT2D eigenvalue weighted by molar-refractivity contribution is -0.121. The molecule has 1 amide bonds. The lowest BCUT2D eigenvalue weighted by Crippen LogP contribution is -2.35. The van der Waals surface area contributed by atoms with Crippen LogP contribution in [0.25, 0.3) is 0 Å². The molecular weight excluding hydrogens is 348 g/mol. The van der Waals surface area contributed by atoms with Gasteiger partial charge in [-0.25, -0.2) is 8.42 Å². The summed E-state index contributed by atoms with van der Waals surface area (Å²) in [5.41, 5.74) is 4.52. The maximum atomic E-state index is 12.3. The van der Waals surface area contributed by atoms with E-state index >= 15 is 0 Å². The van der Waals surface area contributed by atoms with Gasteiger partial charge in [0.05, 0.1) is 11.9 Å². The minimum absolute atomic E-state index is 0.104. The Kier molecular flexibility index (Phi) is 6.42. The summed E-state index contributed by atoms with van der Waals surface area (Å²) >= 11 is 0. The summed E-state index contributed by atoms with van der Waals surface area (Å²) in [6.07, 6.45) is 1.28. The minimum atomic E-state index is -3.49. The normalized spacial score (nSPS) is 11.2. The van der Waals surface area contributed by atoms with E-state index in [4.69, 9.17) is 0 Å². The van der Waals surface area contributed by atoms with E-state index in [1.54, 1.807) is 0 Å². The van der Waals surface area contributed by atoms with Gasteiger partial charge in [-0.2, -0.15) is 0 Å². The van der Waals surface area contributed by atoms with Crippen molar-refractivity contribution in [1.29, 1.82) is 0 Å². The van der Waals surface area contributed by atoms with E-state index in [1.165, 1.54) is 10.6 Å². The number of nitrogens with one attached hydrogen (secondary N) is 1. The first-order valence-electron chi connectivity index (χ1n) is 8.54. The molecule has 2 aromatic carbocycles. The molecular formula is C20H26N2O3S. The molecule has 0 aromatic heterocycles. The van der Waals surface area contributed by atoms with Crippen LogP contribution in [0.4, 0.5) is 5.69 Å². The van der Waals surface area contributed by atoms with Gasteiger partial charge in [-0.05, 0) is 37.5 Å². The Balaban J connectivity index is 2.09. The average Bonchev–Trinajstić information content (AvgIpc) is 2.55. The van der Waals surface area contributed by atoms with E-state index in [0.717, 1.165) is 22.3 Å². The third kappa shape index (κ3) is 5.33. The average molecular weight is 375 g/mol. The molecule has 140 valence electrons. The second-order valence-electron chi connectivity index (χ2n) is 6.59. The molecule has 0 saturated carbocycles. The van der Waals surface area contributed by atoms with Crippen molar-refractivity contribution < 1.29 is 13.2 Å². The fourth-order valence-electron chi connectivity index (χ4n) is 3.10. The highest BCUT2D eigenvalue weighted by Gasteiger charge is 2.22. The lowest BCUT2D eigenvalue weighted by atomic mass is 10.1. The molecule has 0 unspecified atom stereocenters. The monoisotopic (exact) mass is 374 g/mol. The number of benzene rings is 2. The van der Waals surface area contributed by atoms with E-state index < -0.39 is 10.0 Å². The van der Waals surface area contributed by atoms with Crippen molar-refractivity contribution in [3.63, 3.8) is 0 Å². The van der Waals surface area contributed by atoms with Crippen molar-refractivity contribution in [3.05, 3.63) is 64.7 Å². The first-order chi connectivity index (χ1) is 12.2. The molecule has 0 heterocycles. The molecule has 0 aliphatic rings. The summed E-state index contributed by atoms with van der Waals surface area (Å²) in [7, 11) is -3.49. The van der Waals surface area contributed by atoms with Crippen molar-refractivity contribution in [2.45, 2.75) is 33.7 Å². The molecule has 0 bridgehead atoms. The Bertz CT molecular complexity index is 854. The van der Waals surface area contributed by atoms with Crippen LogP contribution >= 0.6 is 0 Å². The Hall–Kier alpha value is -2.34. The topological polar surface area (TPSA) is 66.5 Å². The van der Waals surface area contributed by atoms with Crippen LogP contribution < -0.4 is 9.62 Å². The zero-order valence-corrected chi connectivity index (χ0v) is 16.6. The number of rotatable bonds is 7. The summed E-state index contributed by atoms with van der Waals surface area (Å²) in [5, 5.41) is 2.84. The van der Waals surface area contributed by atoms with Crippen LogP contribution in [0.3, 0.4) is 0 Å². The van der Waals surface area contributed by atoms with Gasteiger partial charge in [0, 0.05) is 19.5 Å². The van der Waals surface area contributed by atoms with Crippen LogP contribution in [-0.2, 0) is 21.4 Å². The van der Waals surface area contributed by atoms with Crippen molar-refractivity contribution >= 4 is 21.6 Å². The fourth-order valence-corrected chi connectivity index (χ4v) is 4.14. The van der Waals surface area contributed by atoms with Crippen LogP contribution in [0.15, 0.2) is 42.5 Å². The molecule has 0 aliphatic carbocycles. The third-order valence-electron chi connectivity index (χ3n) is 4.16. The molecule has 2 aromatic rings. The van der Waals surface area contributed by atoms with Gasteiger partial charge in [0.1, 0.15) is 0 Å². The molecule has 5 nitrogen and oxygen atoms in total. The van der Waals surface area contributed by atoms with Crippen molar-refractivity contribution in [3.8, 4) is 0 Å². The Morgan fingerprint density at radius 3 is 2.15 bits per heavy atom. The molecule has 2 rings (SSSR count). The second kappa shape index (κ2) is 8.36. The number of sulfonamides is 1. The van der Waals surface area contributed by atoms with Gasteiger partial charge in [-0.1, -0.05) is 48.0 Å². The Labute approximate surface area is 156 Å². The standard InChI is InChI=1S/C20H26N2O3S/c1-15-12-16(2)20(17(3)13-15)22(26(4,24)25)11-10-19(23)21-14-18-8-6-5-7-9-18/h5-9,12-13H,10-11,14H2,1-4H3,(H,21,23). The highest BCUT2D eigenvalue weighted by atomic mass is 32.2. The molecule has 0 saturated heterocycles. The first-order valence-corrected chi connectivity index (χ1v) is 10.4. The Morgan fingerprint density at radius 1 is 1.04 bits per heavy atom. The van der Waals surface area contributed by atoms with Gasteiger partial charge in [-0.3, -0.25) is 9.10 Å². The predicted molar refractivity (Wildman–Crippen MR) is 106 cm³/mol. The van der Waals surface area contributed by atoms with E-state index in [-0.39, 0.29) is 18.9 Å². The van der Waals surface area contributed by atoms with Crippen LogP contribution in [0.5, 0.6) is 0 Å². The van der Waals surface area contributed by atoms with Crippen LogP contribution in [0.1, 0.15) is 28.7 Å². The maximum Gasteiger partial charge on any atom is 0.232 e. The first kappa shape index (κ1) is 20.0. The summed E-state index contributed by atoms with van der Waals surface area (Å²) < 4.78 is 25.9. The van der Waals surface area contributed by atoms with Crippen LogP contribution in [-0.4, -0.2) is 27.1 Å². The van der Waals surface area contributed by atoms with Gasteiger partial charge >= 0.3 is 0 Å². The lowest BCUT2D eigenvalue weighted by Gasteiger charge is -2.26. The van der Waals surface area contributed by atoms with Gasteiger partial charge < -0.3 is 5.32 Å². The SMILES string of the molecule is Cc1cc(C)c(N(CCC(=O)NCc2ccccc2)S(C)(=O)=O)c(C)c1. The molecule has 0 aliphatic heterocycles. The van der Waals surface area contributed by atoms with Crippen molar-refractivity contribution in [2.24, 2.45) is 0 Å². The maximum absolute atomic E-state index is 12.3. The van der Waals surface area contributed by atoms with Crippen molar-refractivity contribution in [1.82, 2.24) is 5.32 Å². The summed E-state index contributed by atoms with van der Waals surface area (Å²) in [6.45, 7) is 6.31. The molecule has 0 fully saturated rings. The third-order valence-corrected chi connectivity index (χ3v) is 5.33. The zero-order chi connectivity index (χ0) is 19.3. The molecule has 6 heteroatoms. The quantitative estimate of drug-likeness (QED) is 0.810. The number of nitrogens with zero attached hydrogens (tertiary/aromatic N) is 1. The number of hydrogen-bond acceptors (Lipinski definition) is 3. The van der Waals surface area contributed by atoms with Gasteiger partial charge in [0.15, 0.2) is 0 Å². The second-order valence-corrected chi connectivity index (χ2v) is 8.50. The van der Waals surface area contributed by atoms with Crippen LogP contribution in [0, 0.1) is 20.8 Å². The Morgan fingerprint density at radius 2 is 1.62 bits per heavy atom. The number of amides is 1. The van der Waals surface area contributed by atoms with Gasteiger partial charge in [-0.15, -0.1) is 0 Å². The van der Waals surface area contributed by atoms with E-state index in [1.807, 2.05) is 63.2 Å². The van der Waals surface area contributed by atoms with E-state index in [0.29, 0.717) is 12.2 Å². The summed E-state index contributed by atoms with van der Waals surface area (Å²) in [4.78, 5) is 12.2. The minimum Gasteiger partial charge on any atom is -0.352 e. The highest BCUT2D eigenvalue weighted by molar-refractivity contribution is 7.92. The smallest absolute Gasteiger partial charge is 0.232 e. The van der Waals surface area contributed by atoms with Gasteiger partial charge in [0.25, 0.3) is 0 Å². The molecule has 0 spiro atoms. The van der Waals surface area contributed by atoms with Gasteiger partial charge in [0.2, 0.25) is 15.9 Å². The number of carbonyl (C=O) groups excluding carboxylic acids is 1. The molecule has 0 atom stereocenters. The van der Waals surface area contributed by atoms with Crippen molar-refractivity contribution in [2.75, 3.05) is 17.1 Å². The predicted octanol–water partition coefficient (Wildman–Crippen LogP) is 3.08. The zero-order valence-electron chi connectivity index (χ0n) is 15.7. The van der Waals surface area contributed by atoms with E-state index in [9.17, 15) is 13.2 Å². The van der Waals surface area contributed by atoms with E-state index in [2.05, 4.69) is 5.32 Å².